The number of hydrogen-bond acceptors (Lipinski definition) is 5. The van der Waals surface area contributed by atoms with Crippen LogP contribution in [0.4, 0.5) is 5.69 Å². The van der Waals surface area contributed by atoms with Gasteiger partial charge >= 0.3 is 0 Å². The third-order valence-electron chi connectivity index (χ3n) is 5.15. The second kappa shape index (κ2) is 7.45. The van der Waals surface area contributed by atoms with Crippen LogP contribution in [-0.4, -0.2) is 24.3 Å². The van der Waals surface area contributed by atoms with E-state index in [-0.39, 0.29) is 0 Å². The number of nitrogens with zero attached hydrogens (tertiary/aromatic N) is 1. The molecule has 0 radical (unpaired) electrons. The van der Waals surface area contributed by atoms with Crippen molar-refractivity contribution >= 4 is 16.6 Å². The Labute approximate surface area is 159 Å². The van der Waals surface area contributed by atoms with Gasteiger partial charge < -0.3 is 19.9 Å². The molecule has 27 heavy (non-hydrogen) atoms. The van der Waals surface area contributed by atoms with Crippen molar-refractivity contribution in [1.29, 1.82) is 0 Å². The number of methoxy groups -OCH3 is 2. The lowest BCUT2D eigenvalue weighted by atomic mass is 9.90. The van der Waals surface area contributed by atoms with Crippen molar-refractivity contribution in [1.82, 2.24) is 4.98 Å². The van der Waals surface area contributed by atoms with E-state index in [4.69, 9.17) is 14.5 Å². The highest BCUT2D eigenvalue weighted by atomic mass is 16.5. The number of aromatic nitrogens is 1. The SMILES string of the molecule is COc1ccc(CNc2c3c(nc4ccccc24)CCCC3O)cc1OC. The van der Waals surface area contributed by atoms with Crippen LogP contribution in [0.3, 0.4) is 0 Å². The number of aliphatic hydroxyl groups is 1. The Hall–Kier alpha value is -2.79. The summed E-state index contributed by atoms with van der Waals surface area (Å²) in [6, 6.07) is 14.0. The van der Waals surface area contributed by atoms with Gasteiger partial charge in [0.25, 0.3) is 0 Å². The maximum absolute atomic E-state index is 10.6. The lowest BCUT2D eigenvalue weighted by Gasteiger charge is -2.25. The number of para-hydroxylation sites is 1. The molecule has 1 atom stereocenters. The highest BCUT2D eigenvalue weighted by molar-refractivity contribution is 5.93. The number of benzene rings is 2. The molecule has 3 aromatic rings. The topological polar surface area (TPSA) is 63.6 Å². The molecule has 2 N–H and O–H groups in total. The van der Waals surface area contributed by atoms with Crippen molar-refractivity contribution in [2.24, 2.45) is 0 Å². The van der Waals surface area contributed by atoms with E-state index >= 15 is 0 Å². The molecule has 0 fully saturated rings. The molecule has 0 saturated carbocycles. The van der Waals surface area contributed by atoms with Gasteiger partial charge in [-0.15, -0.1) is 0 Å². The smallest absolute Gasteiger partial charge is 0.161 e. The van der Waals surface area contributed by atoms with E-state index < -0.39 is 6.10 Å². The molecule has 1 heterocycles. The molecular weight excluding hydrogens is 340 g/mol. The average Bonchev–Trinajstić information content (AvgIpc) is 2.71. The highest BCUT2D eigenvalue weighted by Crippen LogP contribution is 2.39. The molecular formula is C22H24N2O3. The first-order valence-electron chi connectivity index (χ1n) is 9.25. The number of pyridine rings is 1. The molecule has 2 aromatic carbocycles. The largest absolute Gasteiger partial charge is 0.493 e. The standard InChI is InChI=1S/C22H24N2O3/c1-26-19-11-10-14(12-20(19)27-2)13-23-22-15-6-3-4-7-16(15)24-17-8-5-9-18(25)21(17)22/h3-4,6-7,10-12,18,25H,5,8-9,13H2,1-2H3,(H,23,24). The molecule has 0 aliphatic heterocycles. The van der Waals surface area contributed by atoms with Gasteiger partial charge in [0.15, 0.2) is 11.5 Å². The predicted molar refractivity (Wildman–Crippen MR) is 107 cm³/mol. The second-order valence-electron chi connectivity index (χ2n) is 6.82. The van der Waals surface area contributed by atoms with Gasteiger partial charge in [-0.25, -0.2) is 0 Å². The number of hydrogen-bond donors (Lipinski definition) is 2. The Morgan fingerprint density at radius 1 is 1.11 bits per heavy atom. The summed E-state index contributed by atoms with van der Waals surface area (Å²) < 4.78 is 10.7. The molecule has 1 unspecified atom stereocenters. The number of nitrogens with one attached hydrogen (secondary N) is 1. The first-order valence-corrected chi connectivity index (χ1v) is 9.25. The number of aryl methyl sites for hydroxylation is 1. The summed E-state index contributed by atoms with van der Waals surface area (Å²) >= 11 is 0. The first-order chi connectivity index (χ1) is 13.2. The molecule has 5 nitrogen and oxygen atoms in total. The fourth-order valence-electron chi connectivity index (χ4n) is 3.81. The van der Waals surface area contributed by atoms with Gasteiger partial charge in [-0.2, -0.15) is 0 Å². The fourth-order valence-corrected chi connectivity index (χ4v) is 3.81. The zero-order valence-electron chi connectivity index (χ0n) is 15.7. The monoisotopic (exact) mass is 364 g/mol. The Balaban J connectivity index is 1.72. The summed E-state index contributed by atoms with van der Waals surface area (Å²) in [6.07, 6.45) is 2.17. The Morgan fingerprint density at radius 3 is 2.74 bits per heavy atom. The van der Waals surface area contributed by atoms with Gasteiger partial charge in [0.2, 0.25) is 0 Å². The minimum Gasteiger partial charge on any atom is -0.493 e. The third-order valence-corrected chi connectivity index (χ3v) is 5.15. The number of aliphatic hydroxyl groups excluding tert-OH is 1. The molecule has 1 aliphatic carbocycles. The molecule has 5 heteroatoms. The second-order valence-corrected chi connectivity index (χ2v) is 6.82. The van der Waals surface area contributed by atoms with Crippen LogP contribution in [-0.2, 0) is 13.0 Å². The third kappa shape index (κ3) is 3.30. The maximum Gasteiger partial charge on any atom is 0.161 e. The molecule has 0 saturated heterocycles. The highest BCUT2D eigenvalue weighted by Gasteiger charge is 2.24. The van der Waals surface area contributed by atoms with Crippen molar-refractivity contribution in [2.75, 3.05) is 19.5 Å². The van der Waals surface area contributed by atoms with E-state index in [2.05, 4.69) is 11.4 Å². The van der Waals surface area contributed by atoms with Gasteiger partial charge in [-0.05, 0) is 43.0 Å². The van der Waals surface area contributed by atoms with Crippen LogP contribution in [0.5, 0.6) is 11.5 Å². The van der Waals surface area contributed by atoms with E-state index in [1.54, 1.807) is 14.2 Å². The fraction of sp³-hybridized carbons (Fsp3) is 0.318. The lowest BCUT2D eigenvalue weighted by Crippen LogP contribution is -2.15. The van der Waals surface area contributed by atoms with Gasteiger partial charge in [0.05, 0.1) is 31.5 Å². The maximum atomic E-state index is 10.6. The summed E-state index contributed by atoms with van der Waals surface area (Å²) in [6.45, 7) is 0.619. The Kier molecular flexibility index (Phi) is 4.86. The summed E-state index contributed by atoms with van der Waals surface area (Å²) in [5.41, 5.74) is 4.97. The van der Waals surface area contributed by atoms with E-state index in [0.29, 0.717) is 18.0 Å². The van der Waals surface area contributed by atoms with E-state index in [9.17, 15) is 5.11 Å². The van der Waals surface area contributed by atoms with Crippen molar-refractivity contribution in [3.63, 3.8) is 0 Å². The van der Waals surface area contributed by atoms with Crippen LogP contribution in [0.2, 0.25) is 0 Å². The zero-order chi connectivity index (χ0) is 18.8. The Bertz CT molecular complexity index is 971. The molecule has 4 rings (SSSR count). The first kappa shape index (κ1) is 17.6. The minimum absolute atomic E-state index is 0.473. The summed E-state index contributed by atoms with van der Waals surface area (Å²) in [7, 11) is 3.27. The lowest BCUT2D eigenvalue weighted by molar-refractivity contribution is 0.156. The van der Waals surface area contributed by atoms with Crippen molar-refractivity contribution in [3.05, 3.63) is 59.3 Å². The quantitative estimate of drug-likeness (QED) is 0.709. The number of fused-ring (bicyclic) bond motifs is 2. The van der Waals surface area contributed by atoms with E-state index in [0.717, 1.165) is 52.7 Å². The molecule has 1 aliphatic rings. The van der Waals surface area contributed by atoms with Crippen molar-refractivity contribution in [2.45, 2.75) is 31.9 Å². The van der Waals surface area contributed by atoms with Crippen LogP contribution < -0.4 is 14.8 Å². The molecule has 0 spiro atoms. The van der Waals surface area contributed by atoms with Crippen LogP contribution in [0.25, 0.3) is 10.9 Å². The molecule has 140 valence electrons. The van der Waals surface area contributed by atoms with Crippen LogP contribution in [0, 0.1) is 0 Å². The minimum atomic E-state index is -0.473. The van der Waals surface area contributed by atoms with Gasteiger partial charge in [-0.1, -0.05) is 24.3 Å². The number of rotatable bonds is 5. The zero-order valence-corrected chi connectivity index (χ0v) is 15.7. The number of ether oxygens (including phenoxy) is 2. The van der Waals surface area contributed by atoms with E-state index in [1.165, 1.54) is 0 Å². The predicted octanol–water partition coefficient (Wildman–Crippen LogP) is 4.23. The van der Waals surface area contributed by atoms with Crippen LogP contribution in [0.15, 0.2) is 42.5 Å². The van der Waals surface area contributed by atoms with E-state index in [1.807, 2.05) is 36.4 Å². The van der Waals surface area contributed by atoms with Gasteiger partial charge in [-0.3, -0.25) is 4.98 Å². The molecule has 0 amide bonds. The van der Waals surface area contributed by atoms with Gasteiger partial charge in [0, 0.05) is 23.2 Å². The van der Waals surface area contributed by atoms with Crippen LogP contribution >= 0.6 is 0 Å². The van der Waals surface area contributed by atoms with Crippen molar-refractivity contribution in [3.8, 4) is 11.5 Å². The Morgan fingerprint density at radius 2 is 1.93 bits per heavy atom. The molecule has 1 aromatic heterocycles. The summed E-state index contributed by atoms with van der Waals surface area (Å²) in [5, 5.41) is 15.2. The summed E-state index contributed by atoms with van der Waals surface area (Å²) in [4.78, 5) is 4.80. The average molecular weight is 364 g/mol. The van der Waals surface area contributed by atoms with Crippen LogP contribution in [0.1, 0.15) is 35.8 Å². The number of anilines is 1. The normalized spacial score (nSPS) is 16.0. The van der Waals surface area contributed by atoms with Crippen molar-refractivity contribution < 1.29 is 14.6 Å². The van der Waals surface area contributed by atoms with Gasteiger partial charge in [0.1, 0.15) is 0 Å². The summed E-state index contributed by atoms with van der Waals surface area (Å²) in [5.74, 6) is 1.42. The molecule has 0 bridgehead atoms.